The quantitative estimate of drug-likeness (QED) is 0.652. The van der Waals surface area contributed by atoms with Gasteiger partial charge in [-0.05, 0) is 42.9 Å². The molecular formula is C21H28F3N3O. The van der Waals surface area contributed by atoms with Crippen molar-refractivity contribution in [3.8, 4) is 0 Å². The second-order valence-corrected chi connectivity index (χ2v) is 7.15. The molecule has 0 aliphatic heterocycles. The molecule has 2 atom stereocenters. The van der Waals surface area contributed by atoms with Gasteiger partial charge < -0.3 is 5.32 Å². The van der Waals surface area contributed by atoms with Crippen LogP contribution < -0.4 is 5.32 Å². The average Bonchev–Trinajstić information content (AvgIpc) is 3.05. The van der Waals surface area contributed by atoms with Crippen molar-refractivity contribution in [3.05, 3.63) is 52.8 Å². The van der Waals surface area contributed by atoms with E-state index in [9.17, 15) is 18.0 Å². The Morgan fingerprint density at radius 1 is 1.14 bits per heavy atom. The minimum atomic E-state index is -4.48. The predicted molar refractivity (Wildman–Crippen MR) is 103 cm³/mol. The summed E-state index contributed by atoms with van der Waals surface area (Å²) in [6.45, 7) is 7.97. The number of aromatic nitrogens is 2. The van der Waals surface area contributed by atoms with E-state index < -0.39 is 11.9 Å². The number of benzene rings is 1. The fraction of sp³-hybridized carbons (Fsp3) is 0.524. The highest BCUT2D eigenvalue weighted by Crippen LogP contribution is 2.28. The van der Waals surface area contributed by atoms with Crippen LogP contribution >= 0.6 is 0 Å². The molecule has 2 rings (SSSR count). The van der Waals surface area contributed by atoms with Gasteiger partial charge in [0.15, 0.2) is 5.69 Å². The number of carbonyl (C=O) groups excluding carboxylic acids is 1. The number of rotatable bonds is 8. The van der Waals surface area contributed by atoms with Crippen LogP contribution in [-0.4, -0.2) is 15.7 Å². The second kappa shape index (κ2) is 9.26. The zero-order valence-corrected chi connectivity index (χ0v) is 16.8. The summed E-state index contributed by atoms with van der Waals surface area (Å²) in [5, 5.41) is 6.53. The first-order chi connectivity index (χ1) is 13.2. The van der Waals surface area contributed by atoms with Gasteiger partial charge in [0, 0.05) is 18.7 Å². The van der Waals surface area contributed by atoms with Crippen LogP contribution in [0.5, 0.6) is 0 Å². The Morgan fingerprint density at radius 3 is 2.25 bits per heavy atom. The normalized spacial score (nSPS) is 14.0. The van der Waals surface area contributed by atoms with Gasteiger partial charge in [-0.3, -0.25) is 9.48 Å². The summed E-state index contributed by atoms with van der Waals surface area (Å²) in [4.78, 5) is 12.3. The molecule has 0 spiro atoms. The van der Waals surface area contributed by atoms with Crippen LogP contribution in [0.4, 0.5) is 13.2 Å². The third kappa shape index (κ3) is 5.59. The van der Waals surface area contributed by atoms with Crippen LogP contribution in [0.3, 0.4) is 0 Å². The van der Waals surface area contributed by atoms with E-state index in [1.54, 1.807) is 6.92 Å². The first kappa shape index (κ1) is 22.0. The summed E-state index contributed by atoms with van der Waals surface area (Å²) in [6, 6.07) is 9.11. The molecule has 154 valence electrons. The summed E-state index contributed by atoms with van der Waals surface area (Å²) in [7, 11) is 0. The van der Waals surface area contributed by atoms with Crippen molar-refractivity contribution in [3.63, 3.8) is 0 Å². The van der Waals surface area contributed by atoms with E-state index in [4.69, 9.17) is 0 Å². The van der Waals surface area contributed by atoms with Crippen molar-refractivity contribution in [2.45, 2.75) is 71.6 Å². The summed E-state index contributed by atoms with van der Waals surface area (Å²) < 4.78 is 39.4. The monoisotopic (exact) mass is 395 g/mol. The second-order valence-electron chi connectivity index (χ2n) is 7.15. The van der Waals surface area contributed by atoms with Gasteiger partial charge in [-0.15, -0.1) is 0 Å². The number of amides is 1. The zero-order valence-electron chi connectivity index (χ0n) is 16.8. The number of nitrogens with one attached hydrogen (secondary N) is 1. The van der Waals surface area contributed by atoms with E-state index in [0.29, 0.717) is 11.6 Å². The minimum Gasteiger partial charge on any atom is -0.349 e. The van der Waals surface area contributed by atoms with Gasteiger partial charge in [-0.2, -0.15) is 18.3 Å². The molecule has 2 unspecified atom stereocenters. The lowest BCUT2D eigenvalue weighted by molar-refractivity contribution is -0.141. The highest BCUT2D eigenvalue weighted by molar-refractivity contribution is 5.76. The maximum Gasteiger partial charge on any atom is 0.435 e. The van der Waals surface area contributed by atoms with E-state index in [2.05, 4.69) is 36.4 Å². The molecule has 1 N–H and O–H groups in total. The first-order valence-electron chi connectivity index (χ1n) is 9.66. The third-order valence-corrected chi connectivity index (χ3v) is 5.09. The fourth-order valence-corrected chi connectivity index (χ4v) is 3.06. The molecule has 2 aromatic rings. The molecule has 0 saturated heterocycles. The van der Waals surface area contributed by atoms with Gasteiger partial charge >= 0.3 is 6.18 Å². The maximum absolute atomic E-state index is 12.7. The van der Waals surface area contributed by atoms with Crippen LogP contribution in [0.15, 0.2) is 30.3 Å². The van der Waals surface area contributed by atoms with Gasteiger partial charge in [0.2, 0.25) is 5.91 Å². The number of hydrogen-bond donors (Lipinski definition) is 1. The predicted octanol–water partition coefficient (Wildman–Crippen LogP) is 5.38. The molecule has 4 nitrogen and oxygen atoms in total. The van der Waals surface area contributed by atoms with E-state index in [0.717, 1.165) is 24.5 Å². The maximum atomic E-state index is 12.7. The molecule has 1 heterocycles. The molecule has 7 heteroatoms. The van der Waals surface area contributed by atoms with Crippen LogP contribution in [0.2, 0.25) is 0 Å². The Hall–Kier alpha value is -2.31. The third-order valence-electron chi connectivity index (χ3n) is 5.09. The first-order valence-corrected chi connectivity index (χ1v) is 9.66. The van der Waals surface area contributed by atoms with Crippen molar-refractivity contribution in [2.75, 3.05) is 0 Å². The largest absolute Gasteiger partial charge is 0.435 e. The lowest BCUT2D eigenvalue weighted by Crippen LogP contribution is -2.29. The Kier molecular flexibility index (Phi) is 7.27. The molecule has 0 aliphatic rings. The lowest BCUT2D eigenvalue weighted by atomic mass is 9.95. The number of hydrogen-bond acceptors (Lipinski definition) is 2. The smallest absolute Gasteiger partial charge is 0.349 e. The molecule has 0 radical (unpaired) electrons. The van der Waals surface area contributed by atoms with Crippen molar-refractivity contribution in [1.29, 1.82) is 0 Å². The Balaban J connectivity index is 1.96. The van der Waals surface area contributed by atoms with Gasteiger partial charge in [0.05, 0.1) is 6.04 Å². The number of carbonyl (C=O) groups is 1. The van der Waals surface area contributed by atoms with Crippen molar-refractivity contribution in [2.24, 2.45) is 0 Å². The average molecular weight is 395 g/mol. The highest BCUT2D eigenvalue weighted by atomic mass is 19.4. The lowest BCUT2D eigenvalue weighted by Gasteiger charge is -2.19. The molecule has 0 aliphatic carbocycles. The van der Waals surface area contributed by atoms with Gasteiger partial charge in [-0.25, -0.2) is 0 Å². The van der Waals surface area contributed by atoms with E-state index in [1.165, 1.54) is 10.2 Å². The van der Waals surface area contributed by atoms with Gasteiger partial charge in [0.25, 0.3) is 0 Å². The summed E-state index contributed by atoms with van der Waals surface area (Å²) in [5.41, 5.74) is 1.74. The van der Waals surface area contributed by atoms with E-state index in [-0.39, 0.29) is 24.9 Å². The Labute approximate surface area is 164 Å². The van der Waals surface area contributed by atoms with Crippen molar-refractivity contribution < 1.29 is 18.0 Å². The zero-order chi connectivity index (χ0) is 20.9. The van der Waals surface area contributed by atoms with E-state index >= 15 is 0 Å². The number of alkyl halides is 3. The SMILES string of the molecule is CCC(C)c1ccc(C(CC)NC(=O)CCn2nc(C(F)(F)F)cc2C)cc1. The topological polar surface area (TPSA) is 46.9 Å². The summed E-state index contributed by atoms with van der Waals surface area (Å²) in [6.07, 6.45) is -2.61. The summed E-state index contributed by atoms with van der Waals surface area (Å²) >= 11 is 0. The molecule has 28 heavy (non-hydrogen) atoms. The fourth-order valence-electron chi connectivity index (χ4n) is 3.06. The summed E-state index contributed by atoms with van der Waals surface area (Å²) in [5.74, 6) is 0.281. The Bertz CT molecular complexity index is 781. The highest BCUT2D eigenvalue weighted by Gasteiger charge is 2.34. The van der Waals surface area contributed by atoms with Crippen LogP contribution in [0.1, 0.15) is 74.5 Å². The van der Waals surface area contributed by atoms with E-state index in [1.807, 2.05) is 19.1 Å². The molecule has 1 aromatic heterocycles. The van der Waals surface area contributed by atoms with Gasteiger partial charge in [-0.1, -0.05) is 45.0 Å². The van der Waals surface area contributed by atoms with Gasteiger partial charge in [0.1, 0.15) is 0 Å². The molecule has 0 fully saturated rings. The van der Waals surface area contributed by atoms with Crippen molar-refractivity contribution in [1.82, 2.24) is 15.1 Å². The molecule has 1 aromatic carbocycles. The van der Waals surface area contributed by atoms with Crippen LogP contribution in [0, 0.1) is 6.92 Å². The van der Waals surface area contributed by atoms with Crippen LogP contribution in [0.25, 0.3) is 0 Å². The molecular weight excluding hydrogens is 367 g/mol. The number of aryl methyl sites for hydroxylation is 2. The van der Waals surface area contributed by atoms with Crippen molar-refractivity contribution >= 4 is 5.91 Å². The standard InChI is InChI=1S/C21H28F3N3O/c1-5-14(3)16-7-9-17(10-8-16)18(6-2)25-20(28)11-12-27-15(4)13-19(26-27)21(22,23)24/h7-10,13-14,18H,5-6,11-12H2,1-4H3,(H,25,28). The number of nitrogens with zero attached hydrogens (tertiary/aromatic N) is 2. The van der Waals surface area contributed by atoms with Crippen LogP contribution in [-0.2, 0) is 17.5 Å². The Morgan fingerprint density at radius 2 is 1.75 bits per heavy atom. The minimum absolute atomic E-state index is 0.0707. The molecule has 1 amide bonds. The number of halogens is 3. The molecule has 0 bridgehead atoms. The molecule has 0 saturated carbocycles.